The first-order valence-corrected chi connectivity index (χ1v) is 18.1. The second-order valence-corrected chi connectivity index (χ2v) is 14.6. The Labute approximate surface area is 327 Å². The van der Waals surface area contributed by atoms with Crippen molar-refractivity contribution in [3.8, 4) is 11.1 Å². The normalized spacial score (nSPS) is 13.0. The third-order valence-corrected chi connectivity index (χ3v) is 8.06. The molecule has 12 nitrogen and oxygen atoms in total. The summed E-state index contributed by atoms with van der Waals surface area (Å²) in [6, 6.07) is 15.3. The Bertz CT molecular complexity index is 1320. The topological polar surface area (TPSA) is 131 Å². The van der Waals surface area contributed by atoms with Crippen LogP contribution >= 0.6 is 0 Å². The van der Waals surface area contributed by atoms with Gasteiger partial charge in [-0.15, -0.1) is 0 Å². The summed E-state index contributed by atoms with van der Waals surface area (Å²) in [5, 5.41) is 5.60. The van der Waals surface area contributed by atoms with Gasteiger partial charge in [0.05, 0.1) is 74.0 Å². The molecule has 2 amide bonds. The zero-order chi connectivity index (χ0) is 37.1. The Morgan fingerprint density at radius 2 is 1.27 bits per heavy atom. The number of ether oxygens (including phenoxy) is 6. The molecule has 0 aromatic heterocycles. The number of esters is 1. The number of likely N-dealkylation sites (N-methyl/N-ethyl adjacent to an activating group) is 1. The minimum atomic E-state index is -0.880. The van der Waals surface area contributed by atoms with E-state index < -0.39 is 23.7 Å². The number of rotatable bonds is 24. The lowest BCUT2D eigenvalue weighted by atomic mass is 9.98. The van der Waals surface area contributed by atoms with Crippen molar-refractivity contribution in [1.29, 1.82) is 0 Å². The summed E-state index contributed by atoms with van der Waals surface area (Å²) in [6.45, 7) is 10.8. The minimum Gasteiger partial charge on any atom is -1.00 e. The lowest BCUT2D eigenvalue weighted by Crippen LogP contribution is -3.00. The van der Waals surface area contributed by atoms with Gasteiger partial charge >= 0.3 is 12.1 Å². The average Bonchev–Trinajstić information content (AvgIpc) is 3.39. The SMILES string of the molecule is CC(C)(C)OC(=O)[C@H](CCCCNC(=O)CCOCCOCCOCCOCC[N+](C)(C)C)NC(=O)OCC1c2ccccc2-c2ccccc21.[I-]. The second kappa shape index (κ2) is 23.8. The Hall–Kier alpha value is -2.82. The minimum absolute atomic E-state index is 0. The van der Waals surface area contributed by atoms with E-state index in [-0.39, 0.29) is 48.8 Å². The van der Waals surface area contributed by atoms with E-state index in [0.29, 0.717) is 78.7 Å². The molecular weight excluding hydrogens is 781 g/mol. The summed E-state index contributed by atoms with van der Waals surface area (Å²) in [6.07, 6.45) is 1.10. The van der Waals surface area contributed by atoms with Crippen molar-refractivity contribution in [2.24, 2.45) is 0 Å². The molecule has 13 heteroatoms. The van der Waals surface area contributed by atoms with Gasteiger partial charge in [0.2, 0.25) is 5.91 Å². The Morgan fingerprint density at radius 1 is 0.750 bits per heavy atom. The molecule has 0 bridgehead atoms. The van der Waals surface area contributed by atoms with Crippen LogP contribution in [0.5, 0.6) is 0 Å². The largest absolute Gasteiger partial charge is 1.00 e. The molecular formula is C39H60IN3O9. The van der Waals surface area contributed by atoms with Gasteiger partial charge in [-0.3, -0.25) is 4.79 Å². The highest BCUT2D eigenvalue weighted by Gasteiger charge is 2.31. The van der Waals surface area contributed by atoms with Gasteiger partial charge in [0.1, 0.15) is 24.8 Å². The van der Waals surface area contributed by atoms with E-state index >= 15 is 0 Å². The van der Waals surface area contributed by atoms with Crippen LogP contribution in [0.2, 0.25) is 0 Å². The molecule has 0 fully saturated rings. The molecule has 2 aromatic carbocycles. The van der Waals surface area contributed by atoms with Crippen molar-refractivity contribution in [3.63, 3.8) is 0 Å². The van der Waals surface area contributed by atoms with Crippen LogP contribution in [0.4, 0.5) is 4.79 Å². The third-order valence-electron chi connectivity index (χ3n) is 8.06. The van der Waals surface area contributed by atoms with E-state index in [0.717, 1.165) is 33.3 Å². The van der Waals surface area contributed by atoms with Gasteiger partial charge in [0.25, 0.3) is 0 Å². The summed E-state index contributed by atoms with van der Waals surface area (Å²) in [5.41, 5.74) is 3.78. The summed E-state index contributed by atoms with van der Waals surface area (Å²) < 4.78 is 34.2. The highest BCUT2D eigenvalue weighted by molar-refractivity contribution is 5.82. The molecule has 0 aliphatic heterocycles. The molecule has 52 heavy (non-hydrogen) atoms. The van der Waals surface area contributed by atoms with Gasteiger partial charge in [-0.05, 0) is 62.3 Å². The fraction of sp³-hybridized carbons (Fsp3) is 0.615. The van der Waals surface area contributed by atoms with Gasteiger partial charge in [-0.2, -0.15) is 0 Å². The van der Waals surface area contributed by atoms with Crippen molar-refractivity contribution in [3.05, 3.63) is 59.7 Å². The predicted molar refractivity (Wildman–Crippen MR) is 195 cm³/mol. The molecule has 0 saturated heterocycles. The number of benzene rings is 2. The van der Waals surface area contributed by atoms with Gasteiger partial charge in [0, 0.05) is 18.9 Å². The summed E-state index contributed by atoms with van der Waals surface area (Å²) in [7, 11) is 6.39. The molecule has 0 saturated carbocycles. The van der Waals surface area contributed by atoms with Crippen molar-refractivity contribution in [2.45, 2.75) is 64.0 Å². The molecule has 1 aliphatic carbocycles. The quantitative estimate of drug-likeness (QED) is 0.0703. The predicted octanol–water partition coefficient (Wildman–Crippen LogP) is 1.69. The third kappa shape index (κ3) is 17.8. The molecule has 2 aromatic rings. The number of hydrogen-bond acceptors (Lipinski definition) is 9. The number of fused-ring (bicyclic) bond motifs is 3. The molecule has 292 valence electrons. The highest BCUT2D eigenvalue weighted by atomic mass is 127. The maximum absolute atomic E-state index is 13.0. The summed E-state index contributed by atoms with van der Waals surface area (Å²) >= 11 is 0. The number of carbonyl (C=O) groups is 3. The number of amides is 2. The van der Waals surface area contributed by atoms with E-state index in [9.17, 15) is 14.4 Å². The lowest BCUT2D eigenvalue weighted by Gasteiger charge is -2.24. The van der Waals surface area contributed by atoms with Crippen molar-refractivity contribution in [2.75, 3.05) is 93.7 Å². The fourth-order valence-electron chi connectivity index (χ4n) is 5.46. The van der Waals surface area contributed by atoms with Crippen LogP contribution in [0.1, 0.15) is 63.5 Å². The second-order valence-electron chi connectivity index (χ2n) is 14.6. The van der Waals surface area contributed by atoms with Crippen LogP contribution in [0.15, 0.2) is 48.5 Å². The number of carbonyl (C=O) groups excluding carboxylic acids is 3. The zero-order valence-corrected chi connectivity index (χ0v) is 34.0. The van der Waals surface area contributed by atoms with E-state index in [1.807, 2.05) is 24.3 Å². The number of nitrogens with zero attached hydrogens (tertiary/aromatic N) is 1. The van der Waals surface area contributed by atoms with E-state index in [1.165, 1.54) is 0 Å². The van der Waals surface area contributed by atoms with E-state index in [2.05, 4.69) is 56.0 Å². The number of nitrogens with one attached hydrogen (secondary N) is 2. The fourth-order valence-corrected chi connectivity index (χ4v) is 5.46. The van der Waals surface area contributed by atoms with Crippen LogP contribution in [-0.2, 0) is 38.0 Å². The number of quaternary nitrogens is 1. The molecule has 3 rings (SSSR count). The molecule has 0 spiro atoms. The van der Waals surface area contributed by atoms with E-state index in [1.54, 1.807) is 20.8 Å². The maximum atomic E-state index is 13.0. The van der Waals surface area contributed by atoms with Crippen molar-refractivity contribution >= 4 is 18.0 Å². The number of alkyl carbamates (subject to hydrolysis) is 1. The highest BCUT2D eigenvalue weighted by Crippen LogP contribution is 2.44. The number of unbranched alkanes of at least 4 members (excludes halogenated alkanes) is 1. The van der Waals surface area contributed by atoms with Crippen LogP contribution in [-0.4, -0.2) is 128 Å². The van der Waals surface area contributed by atoms with Gasteiger partial charge in [-0.25, -0.2) is 9.59 Å². The first kappa shape index (κ1) is 45.3. The average molecular weight is 842 g/mol. The molecule has 0 heterocycles. The first-order valence-electron chi connectivity index (χ1n) is 18.1. The standard InChI is InChI=1S/C39H59N3O9.HI/c1-39(2,3)51-37(44)35(41-38(45)50-29-34-32-15-9-7-13-30(32)31-14-8-10-16-33(31)34)17-11-12-19-40-36(43)18-21-46-23-25-48-27-28-49-26-24-47-22-20-42(4,5)6;/h7-10,13-16,34-35H,11-12,17-29H2,1-6H3,(H-,40,41,43,45);1H/t35-;/m0./s1. The zero-order valence-electron chi connectivity index (χ0n) is 31.9. The Kier molecular flexibility index (Phi) is 20.7. The molecule has 1 aliphatic rings. The Morgan fingerprint density at radius 3 is 1.81 bits per heavy atom. The number of hydrogen-bond donors (Lipinski definition) is 2. The van der Waals surface area contributed by atoms with Crippen LogP contribution < -0.4 is 34.6 Å². The first-order chi connectivity index (χ1) is 24.3. The van der Waals surface area contributed by atoms with Crippen LogP contribution in [0, 0.1) is 0 Å². The lowest BCUT2D eigenvalue weighted by molar-refractivity contribution is -0.870. The van der Waals surface area contributed by atoms with Crippen molar-refractivity contribution < 1.29 is 71.3 Å². The molecule has 0 unspecified atom stereocenters. The van der Waals surface area contributed by atoms with Gasteiger partial charge < -0.3 is 67.5 Å². The van der Waals surface area contributed by atoms with Crippen LogP contribution in [0.3, 0.4) is 0 Å². The van der Waals surface area contributed by atoms with Crippen molar-refractivity contribution in [1.82, 2.24) is 10.6 Å². The maximum Gasteiger partial charge on any atom is 0.407 e. The smallest absolute Gasteiger partial charge is 0.407 e. The van der Waals surface area contributed by atoms with Crippen LogP contribution in [0.25, 0.3) is 11.1 Å². The van der Waals surface area contributed by atoms with E-state index in [4.69, 9.17) is 28.4 Å². The van der Waals surface area contributed by atoms with Gasteiger partial charge in [0.15, 0.2) is 0 Å². The number of halogens is 1. The molecule has 2 N–H and O–H groups in total. The molecule has 0 radical (unpaired) electrons. The monoisotopic (exact) mass is 841 g/mol. The summed E-state index contributed by atoms with van der Waals surface area (Å²) in [5.74, 6) is -0.729. The Balaban J connectivity index is 0.00000936. The van der Waals surface area contributed by atoms with Gasteiger partial charge in [-0.1, -0.05) is 48.5 Å². The summed E-state index contributed by atoms with van der Waals surface area (Å²) in [4.78, 5) is 38.2. The molecule has 1 atom stereocenters.